The van der Waals surface area contributed by atoms with E-state index in [1.807, 2.05) is 6.07 Å². The summed E-state index contributed by atoms with van der Waals surface area (Å²) in [5.74, 6) is -0.00832. The van der Waals surface area contributed by atoms with Crippen LogP contribution in [0.25, 0.3) is 0 Å². The molecule has 1 aromatic rings. The molecule has 1 aliphatic heterocycles. The number of carbonyl (C=O) groups is 1. The highest BCUT2D eigenvalue weighted by Gasteiger charge is 2.28. The minimum atomic E-state index is -0.355. The van der Waals surface area contributed by atoms with Crippen molar-refractivity contribution in [3.63, 3.8) is 0 Å². The van der Waals surface area contributed by atoms with Crippen molar-refractivity contribution >= 4 is 29.1 Å². The number of hydrogen-bond donors (Lipinski definition) is 1. The number of halogens is 2. The van der Waals surface area contributed by atoms with E-state index in [1.54, 1.807) is 17.0 Å². The molecule has 0 bridgehead atoms. The van der Waals surface area contributed by atoms with Gasteiger partial charge in [-0.25, -0.2) is 0 Å². The van der Waals surface area contributed by atoms with Crippen LogP contribution in [0.3, 0.4) is 0 Å². The van der Waals surface area contributed by atoms with Gasteiger partial charge in [-0.2, -0.15) is 0 Å². The second-order valence-electron chi connectivity index (χ2n) is 3.89. The molecule has 1 aliphatic rings. The van der Waals surface area contributed by atoms with Gasteiger partial charge in [-0.3, -0.25) is 4.79 Å². The van der Waals surface area contributed by atoms with E-state index in [0.29, 0.717) is 29.6 Å². The fourth-order valence-electron chi connectivity index (χ4n) is 1.78. The Bertz CT molecular complexity index is 422. The van der Waals surface area contributed by atoms with Crippen LogP contribution in [0, 0.1) is 0 Å². The zero-order chi connectivity index (χ0) is 11.7. The molecule has 1 amide bonds. The largest absolute Gasteiger partial charge is 0.337 e. The molecule has 2 N–H and O–H groups in total. The van der Waals surface area contributed by atoms with E-state index in [1.165, 1.54) is 0 Å². The number of likely N-dealkylation sites (tertiary alicyclic amines) is 1. The van der Waals surface area contributed by atoms with Crippen molar-refractivity contribution in [1.29, 1.82) is 0 Å². The number of nitrogens with zero attached hydrogens (tertiary/aromatic N) is 1. The molecule has 1 fully saturated rings. The zero-order valence-corrected chi connectivity index (χ0v) is 10.1. The molecule has 1 unspecified atom stereocenters. The van der Waals surface area contributed by atoms with Crippen molar-refractivity contribution in [2.45, 2.75) is 19.0 Å². The van der Waals surface area contributed by atoms with Crippen LogP contribution < -0.4 is 5.73 Å². The summed E-state index contributed by atoms with van der Waals surface area (Å²) < 4.78 is 0. The second-order valence-corrected chi connectivity index (χ2v) is 4.73. The molecule has 16 heavy (non-hydrogen) atoms. The summed E-state index contributed by atoms with van der Waals surface area (Å²) in [5.41, 5.74) is 6.54. The zero-order valence-electron chi connectivity index (χ0n) is 8.62. The molecule has 1 atom stereocenters. The van der Waals surface area contributed by atoms with Crippen LogP contribution in [0.5, 0.6) is 0 Å². The Hall–Kier alpha value is -0.770. The first-order valence-corrected chi connectivity index (χ1v) is 5.82. The van der Waals surface area contributed by atoms with Gasteiger partial charge < -0.3 is 10.6 Å². The number of carbonyl (C=O) groups excluding carboxylic acids is 1. The van der Waals surface area contributed by atoms with Crippen molar-refractivity contribution < 1.29 is 4.79 Å². The van der Waals surface area contributed by atoms with Crippen LogP contribution in [0.4, 0.5) is 0 Å². The Kier molecular flexibility index (Phi) is 3.38. The maximum Gasteiger partial charge on any atom is 0.239 e. The molecule has 3 nitrogen and oxygen atoms in total. The van der Waals surface area contributed by atoms with Gasteiger partial charge in [0.1, 0.15) is 0 Å². The number of hydrogen-bond acceptors (Lipinski definition) is 2. The van der Waals surface area contributed by atoms with Gasteiger partial charge in [-0.1, -0.05) is 29.3 Å². The molecule has 0 aliphatic carbocycles. The van der Waals surface area contributed by atoms with Gasteiger partial charge in [0, 0.05) is 23.1 Å². The maximum atomic E-state index is 11.6. The topological polar surface area (TPSA) is 46.3 Å². The molecule has 1 heterocycles. The number of rotatable bonds is 2. The molecule has 5 heteroatoms. The third kappa shape index (κ3) is 2.32. The summed E-state index contributed by atoms with van der Waals surface area (Å²) in [4.78, 5) is 13.3. The molecule has 0 radical (unpaired) electrons. The van der Waals surface area contributed by atoms with E-state index < -0.39 is 0 Å². The van der Waals surface area contributed by atoms with Crippen LogP contribution in [-0.4, -0.2) is 23.4 Å². The van der Waals surface area contributed by atoms with Gasteiger partial charge >= 0.3 is 0 Å². The van der Waals surface area contributed by atoms with Crippen LogP contribution >= 0.6 is 23.2 Å². The Labute approximate surface area is 104 Å². The fraction of sp³-hybridized carbons (Fsp3) is 0.364. The van der Waals surface area contributed by atoms with E-state index in [9.17, 15) is 4.79 Å². The number of nitrogens with two attached hydrogens (primary N) is 1. The molecule has 2 rings (SSSR count). The predicted molar refractivity (Wildman–Crippen MR) is 64.5 cm³/mol. The van der Waals surface area contributed by atoms with Crippen molar-refractivity contribution in [2.24, 2.45) is 5.73 Å². The molecule has 0 spiro atoms. The minimum absolute atomic E-state index is 0.00832. The van der Waals surface area contributed by atoms with Gasteiger partial charge in [-0.05, 0) is 24.1 Å². The Morgan fingerprint density at radius 2 is 2.19 bits per heavy atom. The van der Waals surface area contributed by atoms with Crippen molar-refractivity contribution in [2.75, 3.05) is 6.54 Å². The highest BCUT2D eigenvalue weighted by molar-refractivity contribution is 6.35. The smallest absolute Gasteiger partial charge is 0.239 e. The first kappa shape index (κ1) is 11.7. The Morgan fingerprint density at radius 3 is 2.75 bits per heavy atom. The molecule has 1 saturated heterocycles. The average molecular weight is 259 g/mol. The lowest BCUT2D eigenvalue weighted by molar-refractivity contribution is -0.129. The summed E-state index contributed by atoms with van der Waals surface area (Å²) in [6, 6.07) is 4.93. The monoisotopic (exact) mass is 258 g/mol. The molecule has 0 saturated carbocycles. The fourth-order valence-corrected chi connectivity index (χ4v) is 2.24. The Balaban J connectivity index is 2.12. The molecular formula is C11H12Cl2N2O. The van der Waals surface area contributed by atoms with Crippen molar-refractivity contribution in [1.82, 2.24) is 4.90 Å². The highest BCUT2D eigenvalue weighted by Crippen LogP contribution is 2.23. The second kappa shape index (κ2) is 4.62. The normalized spacial score (nSPS) is 20.6. The van der Waals surface area contributed by atoms with Gasteiger partial charge in [-0.15, -0.1) is 0 Å². The third-order valence-electron chi connectivity index (χ3n) is 2.72. The minimum Gasteiger partial charge on any atom is -0.337 e. The molecule has 1 aromatic carbocycles. The lowest BCUT2D eigenvalue weighted by Crippen LogP contribution is -2.33. The van der Waals surface area contributed by atoms with E-state index in [0.717, 1.165) is 5.56 Å². The van der Waals surface area contributed by atoms with Crippen molar-refractivity contribution in [3.05, 3.63) is 33.8 Å². The van der Waals surface area contributed by atoms with Gasteiger partial charge in [0.2, 0.25) is 5.91 Å². The van der Waals surface area contributed by atoms with E-state index in [-0.39, 0.29) is 11.9 Å². The van der Waals surface area contributed by atoms with E-state index >= 15 is 0 Å². The van der Waals surface area contributed by atoms with Gasteiger partial charge in [0.25, 0.3) is 0 Å². The SMILES string of the molecule is NC1CCN(Cc2ccc(Cl)cc2Cl)C1=O. The average Bonchev–Trinajstić information content (AvgIpc) is 2.54. The lowest BCUT2D eigenvalue weighted by atomic mass is 10.2. The summed E-state index contributed by atoms with van der Waals surface area (Å²) in [7, 11) is 0. The van der Waals surface area contributed by atoms with Crippen LogP contribution in [-0.2, 0) is 11.3 Å². The van der Waals surface area contributed by atoms with Crippen LogP contribution in [0.15, 0.2) is 18.2 Å². The predicted octanol–water partition coefficient (Wildman–Crippen LogP) is 2.05. The summed E-state index contributed by atoms with van der Waals surface area (Å²) in [6.07, 6.45) is 0.712. The molecular weight excluding hydrogens is 247 g/mol. The summed E-state index contributed by atoms with van der Waals surface area (Å²) >= 11 is 11.8. The van der Waals surface area contributed by atoms with E-state index in [2.05, 4.69) is 0 Å². The first-order valence-electron chi connectivity index (χ1n) is 5.06. The summed E-state index contributed by atoms with van der Waals surface area (Å²) in [5, 5.41) is 1.18. The van der Waals surface area contributed by atoms with Gasteiger partial charge in [0.15, 0.2) is 0 Å². The van der Waals surface area contributed by atoms with Crippen molar-refractivity contribution in [3.8, 4) is 0 Å². The summed E-state index contributed by atoms with van der Waals surface area (Å²) in [6.45, 7) is 1.20. The van der Waals surface area contributed by atoms with Crippen LogP contribution in [0.1, 0.15) is 12.0 Å². The Morgan fingerprint density at radius 1 is 1.44 bits per heavy atom. The number of amides is 1. The highest BCUT2D eigenvalue weighted by atomic mass is 35.5. The number of benzene rings is 1. The standard InChI is InChI=1S/C11H12Cl2N2O/c12-8-2-1-7(9(13)5-8)6-15-4-3-10(14)11(15)16/h1-2,5,10H,3-4,6,14H2. The van der Waals surface area contributed by atoms with Gasteiger partial charge in [0.05, 0.1) is 6.04 Å². The molecule has 86 valence electrons. The van der Waals surface area contributed by atoms with E-state index in [4.69, 9.17) is 28.9 Å². The molecule has 0 aromatic heterocycles. The van der Waals surface area contributed by atoms with Crippen LogP contribution in [0.2, 0.25) is 10.0 Å². The lowest BCUT2D eigenvalue weighted by Gasteiger charge is -2.16. The maximum absolute atomic E-state index is 11.6. The third-order valence-corrected chi connectivity index (χ3v) is 3.30. The quantitative estimate of drug-likeness (QED) is 0.883. The first-order chi connectivity index (χ1) is 7.58.